The van der Waals surface area contributed by atoms with Crippen molar-refractivity contribution in [1.82, 2.24) is 9.97 Å². The second-order valence-corrected chi connectivity index (χ2v) is 4.50. The lowest BCUT2D eigenvalue weighted by molar-refractivity contribution is 0.731. The second kappa shape index (κ2) is 4.87. The Morgan fingerprint density at radius 3 is 2.88 bits per heavy atom. The maximum absolute atomic E-state index is 6.14. The molecule has 0 bridgehead atoms. The van der Waals surface area contributed by atoms with Gasteiger partial charge in [-0.25, -0.2) is 4.98 Å². The van der Waals surface area contributed by atoms with Crippen LogP contribution in [0.3, 0.4) is 0 Å². The first-order valence-electron chi connectivity index (χ1n) is 5.69. The molecule has 1 aliphatic rings. The van der Waals surface area contributed by atoms with Crippen molar-refractivity contribution in [2.45, 2.75) is 19.8 Å². The molecule has 0 saturated heterocycles. The van der Waals surface area contributed by atoms with Crippen molar-refractivity contribution in [2.75, 3.05) is 30.4 Å². The molecule has 0 aliphatic heterocycles. The van der Waals surface area contributed by atoms with Gasteiger partial charge in [0.25, 0.3) is 0 Å². The zero-order chi connectivity index (χ0) is 11.5. The molecule has 0 spiro atoms. The summed E-state index contributed by atoms with van der Waals surface area (Å²) in [5, 5.41) is 3.56. The van der Waals surface area contributed by atoms with Crippen molar-refractivity contribution in [3.63, 3.8) is 0 Å². The lowest BCUT2D eigenvalue weighted by Gasteiger charge is -2.22. The van der Waals surface area contributed by atoms with Gasteiger partial charge >= 0.3 is 0 Å². The highest BCUT2D eigenvalue weighted by Gasteiger charge is 2.25. The molecule has 16 heavy (non-hydrogen) atoms. The quantitative estimate of drug-likeness (QED) is 0.858. The van der Waals surface area contributed by atoms with Crippen LogP contribution in [0.15, 0.2) is 6.20 Å². The van der Waals surface area contributed by atoms with E-state index in [0.717, 1.165) is 24.8 Å². The standard InChI is InChI=1S/C11H17ClN4/c1-3-16(7-8-4-5-8)10-9(12)6-14-11(13-2)15-10/h6,8H,3-5,7H2,1-2H3,(H,13,14,15). The van der Waals surface area contributed by atoms with Crippen LogP contribution in [0.2, 0.25) is 5.02 Å². The highest BCUT2D eigenvalue weighted by molar-refractivity contribution is 6.32. The molecule has 0 unspecified atom stereocenters. The molecule has 0 amide bonds. The van der Waals surface area contributed by atoms with E-state index < -0.39 is 0 Å². The number of nitrogens with one attached hydrogen (secondary N) is 1. The van der Waals surface area contributed by atoms with Crippen LogP contribution in [-0.2, 0) is 0 Å². The Labute approximate surface area is 101 Å². The van der Waals surface area contributed by atoms with Gasteiger partial charge in [0.2, 0.25) is 5.95 Å². The molecule has 0 aromatic carbocycles. The van der Waals surface area contributed by atoms with Gasteiger partial charge in [-0.2, -0.15) is 4.98 Å². The van der Waals surface area contributed by atoms with Crippen LogP contribution >= 0.6 is 11.6 Å². The molecule has 88 valence electrons. The molecule has 1 heterocycles. The first-order valence-corrected chi connectivity index (χ1v) is 6.07. The van der Waals surface area contributed by atoms with E-state index in [1.54, 1.807) is 6.20 Å². The molecule has 1 N–H and O–H groups in total. The monoisotopic (exact) mass is 240 g/mol. The van der Waals surface area contributed by atoms with Gasteiger partial charge in [-0.1, -0.05) is 11.6 Å². The van der Waals surface area contributed by atoms with E-state index in [9.17, 15) is 0 Å². The fourth-order valence-electron chi connectivity index (χ4n) is 1.68. The third-order valence-corrected chi connectivity index (χ3v) is 3.07. The molecule has 0 atom stereocenters. The number of rotatable bonds is 5. The maximum atomic E-state index is 6.14. The van der Waals surface area contributed by atoms with Crippen LogP contribution < -0.4 is 10.2 Å². The number of hydrogen-bond donors (Lipinski definition) is 1. The zero-order valence-corrected chi connectivity index (χ0v) is 10.5. The molecular weight excluding hydrogens is 224 g/mol. The van der Waals surface area contributed by atoms with E-state index in [1.165, 1.54) is 12.8 Å². The minimum Gasteiger partial charge on any atom is -0.357 e. The van der Waals surface area contributed by atoms with Gasteiger partial charge in [0.1, 0.15) is 5.02 Å². The number of halogens is 1. The lowest BCUT2D eigenvalue weighted by Crippen LogP contribution is -2.26. The SMILES string of the molecule is CCN(CC1CC1)c1nc(NC)ncc1Cl. The summed E-state index contributed by atoms with van der Waals surface area (Å²) < 4.78 is 0. The summed E-state index contributed by atoms with van der Waals surface area (Å²) in [6.07, 6.45) is 4.32. The topological polar surface area (TPSA) is 41.1 Å². The van der Waals surface area contributed by atoms with Crippen molar-refractivity contribution in [3.05, 3.63) is 11.2 Å². The fraction of sp³-hybridized carbons (Fsp3) is 0.636. The fourth-order valence-corrected chi connectivity index (χ4v) is 1.89. The van der Waals surface area contributed by atoms with Gasteiger partial charge in [0.15, 0.2) is 5.82 Å². The summed E-state index contributed by atoms with van der Waals surface area (Å²) in [4.78, 5) is 10.7. The highest BCUT2D eigenvalue weighted by Crippen LogP contribution is 2.32. The summed E-state index contributed by atoms with van der Waals surface area (Å²) in [7, 11) is 1.81. The van der Waals surface area contributed by atoms with Gasteiger partial charge in [-0.15, -0.1) is 0 Å². The maximum Gasteiger partial charge on any atom is 0.224 e. The van der Waals surface area contributed by atoms with Crippen molar-refractivity contribution >= 4 is 23.4 Å². The third kappa shape index (κ3) is 2.55. The largest absolute Gasteiger partial charge is 0.357 e. The van der Waals surface area contributed by atoms with Crippen molar-refractivity contribution < 1.29 is 0 Å². The van der Waals surface area contributed by atoms with E-state index in [4.69, 9.17) is 11.6 Å². The van der Waals surface area contributed by atoms with Crippen LogP contribution in [-0.4, -0.2) is 30.1 Å². The molecular formula is C11H17ClN4. The first kappa shape index (κ1) is 11.5. The van der Waals surface area contributed by atoms with E-state index in [2.05, 4.69) is 27.1 Å². The summed E-state index contributed by atoms with van der Waals surface area (Å²) in [6, 6.07) is 0. The van der Waals surface area contributed by atoms with Gasteiger partial charge in [-0.05, 0) is 25.7 Å². The number of anilines is 2. The molecule has 1 aromatic heterocycles. The number of hydrogen-bond acceptors (Lipinski definition) is 4. The van der Waals surface area contributed by atoms with Crippen LogP contribution in [0.1, 0.15) is 19.8 Å². The molecule has 0 radical (unpaired) electrons. The van der Waals surface area contributed by atoms with E-state index in [0.29, 0.717) is 11.0 Å². The molecule has 1 saturated carbocycles. The average Bonchev–Trinajstić information content (AvgIpc) is 3.11. The number of nitrogens with zero attached hydrogens (tertiary/aromatic N) is 3. The van der Waals surface area contributed by atoms with E-state index in [-0.39, 0.29) is 0 Å². The van der Waals surface area contributed by atoms with Crippen LogP contribution in [0.4, 0.5) is 11.8 Å². The predicted molar refractivity (Wildman–Crippen MR) is 67.2 cm³/mol. The minimum atomic E-state index is 0.619. The van der Waals surface area contributed by atoms with Crippen molar-refractivity contribution in [3.8, 4) is 0 Å². The molecule has 5 heteroatoms. The highest BCUT2D eigenvalue weighted by atomic mass is 35.5. The van der Waals surface area contributed by atoms with E-state index >= 15 is 0 Å². The summed E-state index contributed by atoms with van der Waals surface area (Å²) in [5.41, 5.74) is 0. The molecule has 1 fully saturated rings. The Morgan fingerprint density at radius 1 is 1.56 bits per heavy atom. The summed E-state index contributed by atoms with van der Waals surface area (Å²) in [6.45, 7) is 4.10. The first-order chi connectivity index (χ1) is 7.74. The second-order valence-electron chi connectivity index (χ2n) is 4.10. The average molecular weight is 241 g/mol. The Bertz CT molecular complexity index is 365. The summed E-state index contributed by atoms with van der Waals surface area (Å²) in [5.74, 6) is 2.29. The molecule has 4 nitrogen and oxygen atoms in total. The Kier molecular flexibility index (Phi) is 3.49. The Hall–Kier alpha value is -1.03. The number of aromatic nitrogens is 2. The van der Waals surface area contributed by atoms with Crippen LogP contribution in [0, 0.1) is 5.92 Å². The minimum absolute atomic E-state index is 0.619. The molecule has 2 rings (SSSR count). The smallest absolute Gasteiger partial charge is 0.224 e. The molecule has 1 aliphatic carbocycles. The Balaban J connectivity index is 2.20. The molecule has 1 aromatic rings. The predicted octanol–water partition coefficient (Wildman–Crippen LogP) is 2.41. The zero-order valence-electron chi connectivity index (χ0n) is 9.70. The summed E-state index contributed by atoms with van der Waals surface area (Å²) >= 11 is 6.14. The normalized spacial score (nSPS) is 14.9. The van der Waals surface area contributed by atoms with Gasteiger partial charge in [0.05, 0.1) is 6.20 Å². The van der Waals surface area contributed by atoms with Gasteiger partial charge in [0, 0.05) is 20.1 Å². The van der Waals surface area contributed by atoms with Crippen LogP contribution in [0.25, 0.3) is 0 Å². The van der Waals surface area contributed by atoms with Crippen LogP contribution in [0.5, 0.6) is 0 Å². The van der Waals surface area contributed by atoms with Crippen molar-refractivity contribution in [2.24, 2.45) is 5.92 Å². The van der Waals surface area contributed by atoms with E-state index in [1.807, 2.05) is 7.05 Å². The lowest BCUT2D eigenvalue weighted by atomic mass is 10.3. The van der Waals surface area contributed by atoms with Gasteiger partial charge < -0.3 is 10.2 Å². The third-order valence-electron chi connectivity index (χ3n) is 2.81. The Morgan fingerprint density at radius 2 is 2.31 bits per heavy atom. The van der Waals surface area contributed by atoms with Crippen molar-refractivity contribution in [1.29, 1.82) is 0 Å². The van der Waals surface area contributed by atoms with Gasteiger partial charge in [-0.3, -0.25) is 0 Å².